The SMILES string of the molecule is CC[C@@H](O)[C@@H](C)[C@H](O)[C@H](C)[C@H](O)[C@@H](C)CC. The fraction of sp³-hybridized carbons (Fsp3) is 1.00. The summed E-state index contributed by atoms with van der Waals surface area (Å²) < 4.78 is 0. The molecule has 3 heteroatoms. The van der Waals surface area contributed by atoms with E-state index in [-0.39, 0.29) is 17.8 Å². The van der Waals surface area contributed by atoms with Gasteiger partial charge in [-0.25, -0.2) is 0 Å². The summed E-state index contributed by atoms with van der Waals surface area (Å²) in [4.78, 5) is 0. The summed E-state index contributed by atoms with van der Waals surface area (Å²) in [5.41, 5.74) is 0. The molecular weight excluding hydrogens is 204 g/mol. The summed E-state index contributed by atoms with van der Waals surface area (Å²) in [5, 5.41) is 29.8. The van der Waals surface area contributed by atoms with Crippen molar-refractivity contribution >= 4 is 0 Å². The molecule has 0 aromatic rings. The maximum atomic E-state index is 10.1. The lowest BCUT2D eigenvalue weighted by atomic mass is 9.81. The highest BCUT2D eigenvalue weighted by atomic mass is 16.3. The minimum atomic E-state index is -0.654. The van der Waals surface area contributed by atoms with Gasteiger partial charge in [-0.15, -0.1) is 0 Å². The first-order valence-electron chi connectivity index (χ1n) is 6.40. The van der Waals surface area contributed by atoms with Gasteiger partial charge in [-0.05, 0) is 12.3 Å². The second kappa shape index (κ2) is 7.25. The summed E-state index contributed by atoms with van der Waals surface area (Å²) in [6.45, 7) is 9.58. The van der Waals surface area contributed by atoms with Crippen LogP contribution < -0.4 is 0 Å². The van der Waals surface area contributed by atoms with Gasteiger partial charge < -0.3 is 15.3 Å². The normalized spacial score (nSPS) is 23.2. The van der Waals surface area contributed by atoms with Crippen molar-refractivity contribution in [2.45, 2.75) is 65.8 Å². The first-order chi connectivity index (χ1) is 7.36. The van der Waals surface area contributed by atoms with E-state index in [4.69, 9.17) is 0 Å². The van der Waals surface area contributed by atoms with Gasteiger partial charge in [-0.3, -0.25) is 0 Å². The Kier molecular flexibility index (Phi) is 7.20. The molecule has 0 aromatic carbocycles. The lowest BCUT2D eigenvalue weighted by Crippen LogP contribution is -2.41. The molecule has 0 saturated heterocycles. The first kappa shape index (κ1) is 15.9. The van der Waals surface area contributed by atoms with Gasteiger partial charge in [0.25, 0.3) is 0 Å². The molecule has 0 unspecified atom stereocenters. The Hall–Kier alpha value is -0.120. The highest BCUT2D eigenvalue weighted by molar-refractivity contribution is 4.81. The zero-order valence-corrected chi connectivity index (χ0v) is 11.2. The molecule has 16 heavy (non-hydrogen) atoms. The summed E-state index contributed by atoms with van der Waals surface area (Å²) in [5.74, 6) is -0.222. The van der Waals surface area contributed by atoms with Crippen molar-refractivity contribution in [3.8, 4) is 0 Å². The molecule has 0 aliphatic carbocycles. The van der Waals surface area contributed by atoms with Crippen molar-refractivity contribution in [2.75, 3.05) is 0 Å². The van der Waals surface area contributed by atoms with Crippen LogP contribution in [0.15, 0.2) is 0 Å². The molecule has 0 aliphatic rings. The van der Waals surface area contributed by atoms with E-state index in [2.05, 4.69) is 0 Å². The Bertz CT molecular complexity index is 164. The van der Waals surface area contributed by atoms with Gasteiger partial charge in [0.15, 0.2) is 0 Å². The number of hydrogen-bond donors (Lipinski definition) is 3. The Labute approximate surface area is 99.5 Å². The predicted octanol–water partition coefficient (Wildman–Crippen LogP) is 1.80. The summed E-state index contributed by atoms with van der Waals surface area (Å²) in [7, 11) is 0. The molecular formula is C13H28O3. The molecule has 0 rings (SSSR count). The average Bonchev–Trinajstić information content (AvgIpc) is 2.32. The zero-order valence-electron chi connectivity index (χ0n) is 11.2. The third-order valence-electron chi connectivity index (χ3n) is 3.87. The summed E-state index contributed by atoms with van der Waals surface area (Å²) in [6.07, 6.45) is -0.139. The summed E-state index contributed by atoms with van der Waals surface area (Å²) >= 11 is 0. The van der Waals surface area contributed by atoms with Crippen LogP contribution in [-0.4, -0.2) is 33.6 Å². The lowest BCUT2D eigenvalue weighted by molar-refractivity contribution is -0.0582. The van der Waals surface area contributed by atoms with Crippen molar-refractivity contribution in [3.05, 3.63) is 0 Å². The van der Waals surface area contributed by atoms with E-state index < -0.39 is 18.3 Å². The van der Waals surface area contributed by atoms with E-state index in [1.807, 2.05) is 34.6 Å². The molecule has 6 atom stereocenters. The lowest BCUT2D eigenvalue weighted by Gasteiger charge is -2.33. The summed E-state index contributed by atoms with van der Waals surface area (Å²) in [6, 6.07) is 0. The number of aliphatic hydroxyl groups excluding tert-OH is 3. The van der Waals surface area contributed by atoms with Gasteiger partial charge in [-0.1, -0.05) is 41.0 Å². The van der Waals surface area contributed by atoms with Crippen LogP contribution >= 0.6 is 0 Å². The monoisotopic (exact) mass is 232 g/mol. The molecule has 0 radical (unpaired) electrons. The largest absolute Gasteiger partial charge is 0.393 e. The molecule has 0 fully saturated rings. The second-order valence-electron chi connectivity index (χ2n) is 5.06. The maximum Gasteiger partial charge on any atom is 0.0640 e. The van der Waals surface area contributed by atoms with Gasteiger partial charge in [0.1, 0.15) is 0 Å². The Balaban J connectivity index is 4.41. The van der Waals surface area contributed by atoms with Gasteiger partial charge in [0.05, 0.1) is 18.3 Å². The third-order valence-corrected chi connectivity index (χ3v) is 3.87. The molecule has 0 spiro atoms. The Morgan fingerprint density at radius 3 is 1.62 bits per heavy atom. The molecule has 3 N–H and O–H groups in total. The van der Waals surface area contributed by atoms with Crippen molar-refractivity contribution in [3.63, 3.8) is 0 Å². The quantitative estimate of drug-likeness (QED) is 0.627. The molecule has 0 saturated carbocycles. The van der Waals surface area contributed by atoms with Crippen LogP contribution in [0.2, 0.25) is 0 Å². The van der Waals surface area contributed by atoms with Gasteiger partial charge >= 0.3 is 0 Å². The molecule has 0 aliphatic heterocycles. The van der Waals surface area contributed by atoms with Crippen LogP contribution in [0.1, 0.15) is 47.5 Å². The van der Waals surface area contributed by atoms with Crippen LogP contribution in [-0.2, 0) is 0 Å². The van der Waals surface area contributed by atoms with Gasteiger partial charge in [-0.2, -0.15) is 0 Å². The molecule has 0 amide bonds. The van der Waals surface area contributed by atoms with Crippen molar-refractivity contribution in [2.24, 2.45) is 17.8 Å². The van der Waals surface area contributed by atoms with Gasteiger partial charge in [0.2, 0.25) is 0 Å². The van der Waals surface area contributed by atoms with E-state index in [1.165, 1.54) is 0 Å². The fourth-order valence-corrected chi connectivity index (χ4v) is 2.04. The van der Waals surface area contributed by atoms with Crippen molar-refractivity contribution in [1.82, 2.24) is 0 Å². The molecule has 3 nitrogen and oxygen atoms in total. The minimum Gasteiger partial charge on any atom is -0.393 e. The second-order valence-corrected chi connectivity index (χ2v) is 5.06. The van der Waals surface area contributed by atoms with Gasteiger partial charge in [0, 0.05) is 11.8 Å². The topological polar surface area (TPSA) is 60.7 Å². The molecule has 0 heterocycles. The van der Waals surface area contributed by atoms with E-state index in [0.29, 0.717) is 6.42 Å². The maximum absolute atomic E-state index is 10.1. The fourth-order valence-electron chi connectivity index (χ4n) is 2.04. The van der Waals surface area contributed by atoms with Crippen LogP contribution in [0.5, 0.6) is 0 Å². The Morgan fingerprint density at radius 1 is 0.750 bits per heavy atom. The van der Waals surface area contributed by atoms with E-state index in [9.17, 15) is 15.3 Å². The van der Waals surface area contributed by atoms with Crippen LogP contribution in [0.4, 0.5) is 0 Å². The minimum absolute atomic E-state index is 0.176. The number of hydrogen-bond acceptors (Lipinski definition) is 3. The van der Waals surface area contributed by atoms with Crippen molar-refractivity contribution in [1.29, 1.82) is 0 Å². The standard InChI is InChI=1S/C13H28O3/c1-6-8(3)12(15)10(5)13(16)9(4)11(14)7-2/h8-16H,6-7H2,1-5H3/t8-,9+,10+,11+,12+,13-/m0/s1. The van der Waals surface area contributed by atoms with E-state index in [0.717, 1.165) is 6.42 Å². The number of rotatable bonds is 7. The Morgan fingerprint density at radius 2 is 1.25 bits per heavy atom. The molecule has 0 aromatic heterocycles. The third kappa shape index (κ3) is 4.04. The predicted molar refractivity (Wildman–Crippen MR) is 66.1 cm³/mol. The van der Waals surface area contributed by atoms with Crippen molar-refractivity contribution < 1.29 is 15.3 Å². The van der Waals surface area contributed by atoms with Crippen LogP contribution in [0, 0.1) is 17.8 Å². The first-order valence-corrected chi connectivity index (χ1v) is 6.40. The van der Waals surface area contributed by atoms with Crippen LogP contribution in [0.25, 0.3) is 0 Å². The number of aliphatic hydroxyl groups is 3. The molecule has 98 valence electrons. The average molecular weight is 232 g/mol. The van der Waals surface area contributed by atoms with Crippen LogP contribution in [0.3, 0.4) is 0 Å². The zero-order chi connectivity index (χ0) is 12.9. The highest BCUT2D eigenvalue weighted by Crippen LogP contribution is 2.25. The van der Waals surface area contributed by atoms with E-state index >= 15 is 0 Å². The highest BCUT2D eigenvalue weighted by Gasteiger charge is 2.32. The smallest absolute Gasteiger partial charge is 0.0640 e. The molecule has 0 bridgehead atoms. The van der Waals surface area contributed by atoms with E-state index in [1.54, 1.807) is 0 Å².